The minimum Gasteiger partial charge on any atom is -0.391 e. The molecule has 18 heavy (non-hydrogen) atoms. The van der Waals surface area contributed by atoms with E-state index in [-0.39, 0.29) is 17.0 Å². The number of ether oxygens (including phenoxy) is 1. The average molecular weight is 264 g/mol. The van der Waals surface area contributed by atoms with Gasteiger partial charge in [-0.2, -0.15) is 0 Å². The topological polar surface area (TPSA) is 64.3 Å². The third-order valence-corrected chi connectivity index (χ3v) is 3.16. The van der Waals surface area contributed by atoms with Gasteiger partial charge in [-0.3, -0.25) is 4.79 Å². The van der Waals surface area contributed by atoms with Gasteiger partial charge in [-0.25, -0.2) is 0 Å². The number of thiocarbonyl (C=S) groups is 1. The van der Waals surface area contributed by atoms with Crippen molar-refractivity contribution in [3.8, 4) is 0 Å². The number of benzene rings is 1. The fourth-order valence-corrected chi connectivity index (χ4v) is 2.18. The molecular formula is C13H16N2O2S. The first-order valence-electron chi connectivity index (χ1n) is 5.94. The van der Waals surface area contributed by atoms with E-state index < -0.39 is 6.04 Å². The summed E-state index contributed by atoms with van der Waals surface area (Å²) in [6.07, 6.45) is 1.30. The van der Waals surface area contributed by atoms with E-state index in [0.717, 1.165) is 18.4 Å². The summed E-state index contributed by atoms with van der Waals surface area (Å²) < 4.78 is 5.34. The summed E-state index contributed by atoms with van der Waals surface area (Å²) >= 11 is 5.01. The summed E-state index contributed by atoms with van der Waals surface area (Å²) in [6, 6.07) is 9.02. The normalized spacial score (nSPS) is 20.3. The second kappa shape index (κ2) is 5.93. The van der Waals surface area contributed by atoms with Gasteiger partial charge in [0, 0.05) is 6.61 Å². The molecule has 0 bridgehead atoms. The van der Waals surface area contributed by atoms with Crippen LogP contribution in [0.1, 0.15) is 24.4 Å². The van der Waals surface area contributed by atoms with Crippen molar-refractivity contribution >= 4 is 23.1 Å². The van der Waals surface area contributed by atoms with Crippen LogP contribution in [0.4, 0.5) is 0 Å². The van der Waals surface area contributed by atoms with E-state index in [0.29, 0.717) is 6.61 Å². The first kappa shape index (κ1) is 13.0. The monoisotopic (exact) mass is 264 g/mol. The van der Waals surface area contributed by atoms with Gasteiger partial charge in [-0.15, -0.1) is 0 Å². The lowest BCUT2D eigenvalue weighted by atomic mass is 10.1. The van der Waals surface area contributed by atoms with E-state index in [2.05, 4.69) is 5.32 Å². The second-order valence-corrected chi connectivity index (χ2v) is 4.73. The number of carbonyl (C=O) groups excluding carboxylic acids is 1. The van der Waals surface area contributed by atoms with Crippen molar-refractivity contribution in [2.24, 2.45) is 5.73 Å². The Kier molecular flexibility index (Phi) is 4.28. The fraction of sp³-hybridized carbons (Fsp3) is 0.385. The average Bonchev–Trinajstić information content (AvgIpc) is 2.90. The first-order valence-corrected chi connectivity index (χ1v) is 6.35. The number of nitrogens with one attached hydrogen (secondary N) is 1. The van der Waals surface area contributed by atoms with Gasteiger partial charge in [0.25, 0.3) is 0 Å². The van der Waals surface area contributed by atoms with E-state index in [4.69, 9.17) is 22.7 Å². The van der Waals surface area contributed by atoms with Crippen molar-refractivity contribution in [1.29, 1.82) is 0 Å². The summed E-state index contributed by atoms with van der Waals surface area (Å²) in [4.78, 5) is 12.2. The highest BCUT2D eigenvalue weighted by Gasteiger charge is 2.26. The summed E-state index contributed by atoms with van der Waals surface area (Å²) in [7, 11) is 0. The molecule has 5 heteroatoms. The molecule has 1 aliphatic rings. The zero-order valence-electron chi connectivity index (χ0n) is 9.96. The van der Waals surface area contributed by atoms with E-state index in [1.54, 1.807) is 0 Å². The van der Waals surface area contributed by atoms with Crippen molar-refractivity contribution < 1.29 is 9.53 Å². The number of nitrogens with two attached hydrogens (primary N) is 1. The molecule has 1 heterocycles. The molecule has 1 aliphatic heterocycles. The van der Waals surface area contributed by atoms with Gasteiger partial charge in [-0.1, -0.05) is 42.5 Å². The maximum atomic E-state index is 12.0. The van der Waals surface area contributed by atoms with Gasteiger partial charge >= 0.3 is 0 Å². The molecule has 0 radical (unpaired) electrons. The Morgan fingerprint density at radius 2 is 2.17 bits per heavy atom. The molecule has 2 atom stereocenters. The molecule has 0 spiro atoms. The van der Waals surface area contributed by atoms with Gasteiger partial charge in [0.1, 0.15) is 17.1 Å². The van der Waals surface area contributed by atoms with Gasteiger partial charge in [0.15, 0.2) is 0 Å². The van der Waals surface area contributed by atoms with Crippen molar-refractivity contribution in [1.82, 2.24) is 5.32 Å². The van der Waals surface area contributed by atoms with E-state index in [9.17, 15) is 4.79 Å². The van der Waals surface area contributed by atoms with Gasteiger partial charge < -0.3 is 15.8 Å². The van der Waals surface area contributed by atoms with Crippen LogP contribution < -0.4 is 11.1 Å². The van der Waals surface area contributed by atoms with Crippen molar-refractivity contribution in [2.75, 3.05) is 6.61 Å². The predicted octanol–water partition coefficient (Wildman–Crippen LogP) is 1.31. The zero-order valence-corrected chi connectivity index (χ0v) is 10.8. The van der Waals surface area contributed by atoms with E-state index in [1.165, 1.54) is 0 Å². The van der Waals surface area contributed by atoms with Crippen LogP contribution >= 0.6 is 12.2 Å². The minimum atomic E-state index is -0.433. The highest BCUT2D eigenvalue weighted by Crippen LogP contribution is 2.16. The molecule has 1 saturated heterocycles. The second-order valence-electron chi connectivity index (χ2n) is 4.26. The lowest BCUT2D eigenvalue weighted by Crippen LogP contribution is -2.41. The molecule has 96 valence electrons. The SMILES string of the molecule is NC(=S)C(NC(=O)C1CCCO1)c1ccccc1. The van der Waals surface area contributed by atoms with Gasteiger partial charge in [-0.05, 0) is 18.4 Å². The summed E-state index contributed by atoms with van der Waals surface area (Å²) in [5.74, 6) is -0.144. The summed E-state index contributed by atoms with van der Waals surface area (Å²) in [5.41, 5.74) is 6.58. The summed E-state index contributed by atoms with van der Waals surface area (Å²) in [6.45, 7) is 0.640. The maximum Gasteiger partial charge on any atom is 0.249 e. The largest absolute Gasteiger partial charge is 0.391 e. The number of amides is 1. The van der Waals surface area contributed by atoms with Crippen molar-refractivity contribution in [3.05, 3.63) is 35.9 Å². The Labute approximate surface area is 112 Å². The molecule has 0 saturated carbocycles. The highest BCUT2D eigenvalue weighted by molar-refractivity contribution is 7.80. The number of carbonyl (C=O) groups is 1. The molecule has 0 aromatic heterocycles. The molecule has 1 aromatic carbocycles. The summed E-state index contributed by atoms with van der Waals surface area (Å²) in [5, 5.41) is 2.84. The van der Waals surface area contributed by atoms with Crippen molar-refractivity contribution in [2.45, 2.75) is 25.0 Å². The lowest BCUT2D eigenvalue weighted by molar-refractivity contribution is -0.130. The van der Waals surface area contributed by atoms with Crippen LogP contribution in [0.3, 0.4) is 0 Å². The van der Waals surface area contributed by atoms with E-state index >= 15 is 0 Å². The van der Waals surface area contributed by atoms with Crippen LogP contribution in [0.5, 0.6) is 0 Å². The molecule has 1 fully saturated rings. The molecule has 1 aromatic rings. The maximum absolute atomic E-state index is 12.0. The van der Waals surface area contributed by atoms with Gasteiger partial charge in [0.2, 0.25) is 5.91 Å². The predicted molar refractivity (Wildman–Crippen MR) is 73.1 cm³/mol. The Bertz CT molecular complexity index is 430. The van der Waals surface area contributed by atoms with Crippen LogP contribution in [0.25, 0.3) is 0 Å². The molecule has 0 aliphatic carbocycles. The Hall–Kier alpha value is -1.46. The minimum absolute atomic E-state index is 0.144. The van der Waals surface area contributed by atoms with Crippen LogP contribution in [0.15, 0.2) is 30.3 Å². The smallest absolute Gasteiger partial charge is 0.249 e. The third-order valence-electron chi connectivity index (χ3n) is 2.93. The molecule has 2 unspecified atom stereocenters. The Morgan fingerprint density at radius 3 is 2.72 bits per heavy atom. The van der Waals surface area contributed by atoms with E-state index in [1.807, 2.05) is 30.3 Å². The fourth-order valence-electron chi connectivity index (χ4n) is 1.98. The lowest BCUT2D eigenvalue weighted by Gasteiger charge is -2.19. The molecular weight excluding hydrogens is 248 g/mol. The van der Waals surface area contributed by atoms with Crippen LogP contribution in [0, 0.1) is 0 Å². The van der Waals surface area contributed by atoms with Gasteiger partial charge in [0.05, 0.1) is 0 Å². The Balaban J connectivity index is 2.07. The van der Waals surface area contributed by atoms with Crippen molar-refractivity contribution in [3.63, 3.8) is 0 Å². The third kappa shape index (κ3) is 3.05. The van der Waals surface area contributed by atoms with Crippen LogP contribution in [-0.2, 0) is 9.53 Å². The Morgan fingerprint density at radius 1 is 1.44 bits per heavy atom. The number of rotatable bonds is 4. The molecule has 4 nitrogen and oxygen atoms in total. The van der Waals surface area contributed by atoms with Crippen LogP contribution in [0.2, 0.25) is 0 Å². The standard InChI is InChI=1S/C13H16N2O2S/c14-12(18)11(9-5-2-1-3-6-9)15-13(16)10-7-4-8-17-10/h1-3,5-6,10-11H,4,7-8H2,(H2,14,18)(H,15,16). The quantitative estimate of drug-likeness (QED) is 0.805. The number of hydrogen-bond donors (Lipinski definition) is 2. The zero-order chi connectivity index (χ0) is 13.0. The first-order chi connectivity index (χ1) is 8.68. The highest BCUT2D eigenvalue weighted by atomic mass is 32.1. The molecule has 2 rings (SSSR count). The molecule has 3 N–H and O–H groups in total. The molecule has 1 amide bonds. The number of hydrogen-bond acceptors (Lipinski definition) is 3. The van der Waals surface area contributed by atoms with Crippen LogP contribution in [-0.4, -0.2) is 23.6 Å².